The lowest BCUT2D eigenvalue weighted by atomic mass is 9.96. The van der Waals surface area contributed by atoms with Gasteiger partial charge in [-0.3, -0.25) is 14.2 Å². The number of aryl methyl sites for hydroxylation is 1. The normalized spacial score (nSPS) is 13.6. The summed E-state index contributed by atoms with van der Waals surface area (Å²) in [5.41, 5.74) is -0.969. The first-order valence-electron chi connectivity index (χ1n) is 10.6. The maximum atomic E-state index is 13.6. The summed E-state index contributed by atoms with van der Waals surface area (Å²) in [6, 6.07) is 0. The molecule has 0 fully saturated rings. The molecule has 1 aromatic heterocycles. The molecule has 0 amide bonds. The Morgan fingerprint density at radius 2 is 1.67 bits per heavy atom. The van der Waals surface area contributed by atoms with Crippen molar-refractivity contribution in [2.24, 2.45) is 5.92 Å². The number of nitrogens with zero attached hydrogens (tertiary/aromatic N) is 2. The average molecular weight is 446 g/mol. The standard InChI is InChI=1S/C20H35N2O7P/c1-5-26-19(23)15-18(30(25,28-7-3)29-8-4)17(20(24)27-6-2)11-9-10-13-22-14-12-21-16-22/h12,14,16-18H,5-11,13,15H2,1-4H3. The largest absolute Gasteiger partial charge is 0.466 e. The summed E-state index contributed by atoms with van der Waals surface area (Å²) >= 11 is 0. The van der Waals surface area contributed by atoms with E-state index in [0.29, 0.717) is 12.8 Å². The molecule has 0 aliphatic carbocycles. The second-order valence-electron chi connectivity index (χ2n) is 6.61. The van der Waals surface area contributed by atoms with Crippen molar-refractivity contribution in [1.82, 2.24) is 9.55 Å². The van der Waals surface area contributed by atoms with Gasteiger partial charge in [-0.05, 0) is 40.5 Å². The summed E-state index contributed by atoms with van der Waals surface area (Å²) in [6.45, 7) is 8.16. The number of ether oxygens (including phenoxy) is 2. The Kier molecular flexibility index (Phi) is 12.6. The predicted octanol–water partition coefficient (Wildman–Crippen LogP) is 3.82. The van der Waals surface area contributed by atoms with Gasteiger partial charge in [-0.15, -0.1) is 0 Å². The third-order valence-corrected chi connectivity index (χ3v) is 7.09. The van der Waals surface area contributed by atoms with Crippen LogP contribution >= 0.6 is 7.60 Å². The Morgan fingerprint density at radius 1 is 1.00 bits per heavy atom. The van der Waals surface area contributed by atoms with Gasteiger partial charge in [0, 0.05) is 18.9 Å². The van der Waals surface area contributed by atoms with Gasteiger partial charge in [0.1, 0.15) is 0 Å². The first-order valence-corrected chi connectivity index (χ1v) is 12.2. The zero-order chi connectivity index (χ0) is 22.4. The number of rotatable bonds is 16. The van der Waals surface area contributed by atoms with Crippen molar-refractivity contribution in [3.05, 3.63) is 18.7 Å². The van der Waals surface area contributed by atoms with Gasteiger partial charge in [0.25, 0.3) is 0 Å². The van der Waals surface area contributed by atoms with Crippen molar-refractivity contribution >= 4 is 19.5 Å². The number of hydrogen-bond donors (Lipinski definition) is 0. The highest BCUT2D eigenvalue weighted by Crippen LogP contribution is 2.57. The van der Waals surface area contributed by atoms with Crippen LogP contribution in [0.3, 0.4) is 0 Å². The van der Waals surface area contributed by atoms with Gasteiger partial charge in [-0.2, -0.15) is 0 Å². The summed E-state index contributed by atoms with van der Waals surface area (Å²) in [7, 11) is -3.75. The number of imidazole rings is 1. The van der Waals surface area contributed by atoms with E-state index < -0.39 is 31.1 Å². The molecular weight excluding hydrogens is 411 g/mol. The van der Waals surface area contributed by atoms with Crippen LogP contribution in [-0.4, -0.2) is 53.6 Å². The van der Waals surface area contributed by atoms with Gasteiger partial charge >= 0.3 is 19.5 Å². The van der Waals surface area contributed by atoms with Crippen LogP contribution < -0.4 is 0 Å². The Morgan fingerprint density at radius 3 is 2.20 bits per heavy atom. The third-order valence-electron chi connectivity index (χ3n) is 4.50. The average Bonchev–Trinajstić information content (AvgIpc) is 3.21. The van der Waals surface area contributed by atoms with E-state index in [4.69, 9.17) is 18.5 Å². The minimum absolute atomic E-state index is 0.132. The Bertz CT molecular complexity index is 656. The zero-order valence-electron chi connectivity index (χ0n) is 18.5. The molecule has 30 heavy (non-hydrogen) atoms. The second kappa shape index (κ2) is 14.3. The van der Waals surface area contributed by atoms with E-state index in [-0.39, 0.29) is 32.8 Å². The van der Waals surface area contributed by atoms with E-state index in [1.165, 1.54) is 0 Å². The molecule has 10 heteroatoms. The van der Waals surface area contributed by atoms with E-state index in [1.807, 2.05) is 10.8 Å². The molecule has 0 saturated heterocycles. The molecule has 2 atom stereocenters. The van der Waals surface area contributed by atoms with E-state index in [9.17, 15) is 14.2 Å². The van der Waals surface area contributed by atoms with Gasteiger partial charge < -0.3 is 23.1 Å². The highest BCUT2D eigenvalue weighted by atomic mass is 31.2. The van der Waals surface area contributed by atoms with Crippen molar-refractivity contribution in [2.75, 3.05) is 26.4 Å². The molecule has 0 aliphatic rings. The van der Waals surface area contributed by atoms with Crippen LogP contribution in [0.1, 0.15) is 53.4 Å². The molecule has 0 saturated carbocycles. The lowest BCUT2D eigenvalue weighted by Gasteiger charge is -2.31. The second-order valence-corrected chi connectivity index (χ2v) is 8.87. The van der Waals surface area contributed by atoms with Crippen molar-refractivity contribution in [3.63, 3.8) is 0 Å². The number of aromatic nitrogens is 2. The molecular formula is C20H35N2O7P. The predicted molar refractivity (Wildman–Crippen MR) is 112 cm³/mol. The molecule has 9 nitrogen and oxygen atoms in total. The van der Waals surface area contributed by atoms with Crippen LogP contribution in [0.5, 0.6) is 0 Å². The molecule has 1 aromatic rings. The summed E-state index contributed by atoms with van der Waals surface area (Å²) in [4.78, 5) is 29.1. The van der Waals surface area contributed by atoms with E-state index in [2.05, 4.69) is 4.98 Å². The number of carbonyl (C=O) groups is 2. The van der Waals surface area contributed by atoms with Gasteiger partial charge in [0.2, 0.25) is 0 Å². The topological polar surface area (TPSA) is 106 Å². The Hall–Kier alpha value is -1.70. The fourth-order valence-electron chi connectivity index (χ4n) is 3.25. The fourth-order valence-corrected chi connectivity index (χ4v) is 5.51. The lowest BCUT2D eigenvalue weighted by Crippen LogP contribution is -2.34. The molecule has 0 spiro atoms. The molecule has 0 aliphatic heterocycles. The maximum Gasteiger partial charge on any atom is 0.335 e. The van der Waals surface area contributed by atoms with Crippen LogP contribution in [0.2, 0.25) is 0 Å². The molecule has 0 N–H and O–H groups in total. The van der Waals surface area contributed by atoms with Crippen LogP contribution in [0.4, 0.5) is 0 Å². The molecule has 0 radical (unpaired) electrons. The van der Waals surface area contributed by atoms with Crippen LogP contribution in [0, 0.1) is 5.92 Å². The molecule has 0 aromatic carbocycles. The highest BCUT2D eigenvalue weighted by Gasteiger charge is 2.46. The van der Waals surface area contributed by atoms with Crippen molar-refractivity contribution in [1.29, 1.82) is 0 Å². The summed E-state index contributed by atoms with van der Waals surface area (Å²) < 4.78 is 36.8. The molecule has 0 bridgehead atoms. The van der Waals surface area contributed by atoms with Crippen molar-refractivity contribution < 1.29 is 32.7 Å². The Balaban J connectivity index is 3.06. The fraction of sp³-hybridized carbons (Fsp3) is 0.750. The zero-order valence-corrected chi connectivity index (χ0v) is 19.3. The van der Waals surface area contributed by atoms with Gasteiger partial charge in [-0.25, -0.2) is 4.98 Å². The van der Waals surface area contributed by atoms with E-state index >= 15 is 0 Å². The highest BCUT2D eigenvalue weighted by molar-refractivity contribution is 7.54. The first kappa shape index (κ1) is 26.3. The quantitative estimate of drug-likeness (QED) is 0.214. The van der Waals surface area contributed by atoms with Crippen LogP contribution in [0.15, 0.2) is 18.7 Å². The van der Waals surface area contributed by atoms with Crippen molar-refractivity contribution in [3.8, 4) is 0 Å². The third kappa shape index (κ3) is 8.58. The number of hydrogen-bond acceptors (Lipinski definition) is 8. The molecule has 172 valence electrons. The molecule has 1 rings (SSSR count). The minimum Gasteiger partial charge on any atom is -0.466 e. The summed E-state index contributed by atoms with van der Waals surface area (Å²) in [5, 5.41) is 0. The lowest BCUT2D eigenvalue weighted by molar-refractivity contribution is -0.149. The van der Waals surface area contributed by atoms with Gasteiger partial charge in [0.05, 0.1) is 50.8 Å². The molecule has 1 heterocycles. The smallest absolute Gasteiger partial charge is 0.335 e. The summed E-state index contributed by atoms with van der Waals surface area (Å²) in [5.74, 6) is -1.86. The number of unbranched alkanes of at least 4 members (excludes halogenated alkanes) is 1. The van der Waals surface area contributed by atoms with E-state index in [1.54, 1.807) is 40.2 Å². The first-order chi connectivity index (χ1) is 14.4. The van der Waals surface area contributed by atoms with Crippen molar-refractivity contribution in [2.45, 2.75) is 65.6 Å². The van der Waals surface area contributed by atoms with Crippen LogP contribution in [-0.2, 0) is 39.2 Å². The van der Waals surface area contributed by atoms with E-state index in [0.717, 1.165) is 13.0 Å². The Labute approximate surface area is 179 Å². The minimum atomic E-state index is -3.75. The van der Waals surface area contributed by atoms with Gasteiger partial charge in [0.15, 0.2) is 0 Å². The summed E-state index contributed by atoms with van der Waals surface area (Å²) in [6.07, 6.45) is 6.90. The number of esters is 2. The maximum absolute atomic E-state index is 13.6. The molecule has 2 unspecified atom stereocenters. The monoisotopic (exact) mass is 446 g/mol. The SMILES string of the molecule is CCOC(=O)CC(C(CCCCn1ccnc1)C(=O)OCC)P(=O)(OCC)OCC. The van der Waals surface area contributed by atoms with Crippen LogP contribution in [0.25, 0.3) is 0 Å². The van der Waals surface area contributed by atoms with Gasteiger partial charge in [-0.1, -0.05) is 6.42 Å². The number of carbonyl (C=O) groups excluding carboxylic acids is 2.